The van der Waals surface area contributed by atoms with Crippen LogP contribution in [0.25, 0.3) is 6.08 Å². The molecule has 1 fully saturated rings. The Morgan fingerprint density at radius 2 is 2.04 bits per heavy atom. The zero-order valence-corrected chi connectivity index (χ0v) is 17.9. The lowest BCUT2D eigenvalue weighted by Gasteiger charge is -2.20. The number of rotatable bonds is 7. The maximum atomic E-state index is 12.8. The fraction of sp³-hybridized carbons (Fsp3) is 0.421. The molecule has 1 aliphatic heterocycles. The first kappa shape index (κ1) is 22.1. The van der Waals surface area contributed by atoms with E-state index in [1.54, 1.807) is 23.1 Å². The van der Waals surface area contributed by atoms with Gasteiger partial charge in [0.2, 0.25) is 0 Å². The number of carbonyl (C=O) groups excluding carboxylic acids is 1. The van der Waals surface area contributed by atoms with E-state index in [4.69, 9.17) is 26.2 Å². The highest BCUT2D eigenvalue weighted by Gasteiger charge is 2.35. The normalized spacial score (nSPS) is 17.3. The van der Waals surface area contributed by atoms with Crippen LogP contribution in [-0.2, 0) is 9.59 Å². The van der Waals surface area contributed by atoms with Crippen molar-refractivity contribution in [2.75, 3.05) is 13.7 Å². The Hall–Kier alpha value is -2.19. The topological polar surface area (TPSA) is 88.4 Å². The van der Waals surface area contributed by atoms with Crippen LogP contribution in [0.5, 0.6) is 11.5 Å². The van der Waals surface area contributed by atoms with Gasteiger partial charge in [-0.1, -0.05) is 11.6 Å². The summed E-state index contributed by atoms with van der Waals surface area (Å²) < 4.78 is 10.5. The summed E-state index contributed by atoms with van der Waals surface area (Å²) in [5.41, 5.74) is 0.634. The first-order valence-electron chi connectivity index (χ1n) is 8.67. The van der Waals surface area contributed by atoms with Crippen molar-refractivity contribution in [3.63, 3.8) is 0 Å². The van der Waals surface area contributed by atoms with E-state index in [0.717, 1.165) is 0 Å². The molecular formula is C19H23ClN2O5S. The van der Waals surface area contributed by atoms with Crippen LogP contribution in [0.3, 0.4) is 0 Å². The molecule has 1 aromatic carbocycles. The predicted octanol–water partition coefficient (Wildman–Crippen LogP) is 3.90. The number of carboxylic acids is 1. The van der Waals surface area contributed by atoms with E-state index in [9.17, 15) is 9.59 Å². The van der Waals surface area contributed by atoms with E-state index in [2.05, 4.69) is 4.99 Å². The number of ether oxygens (including phenoxy) is 2. The lowest BCUT2D eigenvalue weighted by molar-refractivity contribution is -0.139. The summed E-state index contributed by atoms with van der Waals surface area (Å²) in [7, 11) is 1.43. The fourth-order valence-corrected chi connectivity index (χ4v) is 4.01. The lowest BCUT2D eigenvalue weighted by Crippen LogP contribution is -2.35. The average molecular weight is 427 g/mol. The molecule has 0 unspecified atom stereocenters. The Balaban J connectivity index is 2.40. The number of amidine groups is 1. The van der Waals surface area contributed by atoms with Crippen LogP contribution in [0.2, 0.25) is 5.02 Å². The Kier molecular flexibility index (Phi) is 7.37. The largest absolute Gasteiger partial charge is 0.493 e. The van der Waals surface area contributed by atoms with Crippen LogP contribution < -0.4 is 9.47 Å². The molecule has 0 aromatic heterocycles. The SMILES string of the molecule is COc1cc(/C=C2/SC(=NC(C)C)N(C(C)C)C2=O)cc(Cl)c1OCC(=O)O. The van der Waals surface area contributed by atoms with Gasteiger partial charge in [0.15, 0.2) is 23.3 Å². The lowest BCUT2D eigenvalue weighted by atomic mass is 10.1. The molecule has 0 aliphatic carbocycles. The van der Waals surface area contributed by atoms with Gasteiger partial charge in [0.25, 0.3) is 5.91 Å². The van der Waals surface area contributed by atoms with E-state index >= 15 is 0 Å². The number of aliphatic imine (C=N–C) groups is 1. The highest BCUT2D eigenvalue weighted by atomic mass is 35.5. The van der Waals surface area contributed by atoms with Gasteiger partial charge in [-0.2, -0.15) is 0 Å². The highest BCUT2D eigenvalue weighted by molar-refractivity contribution is 8.18. The number of nitrogens with zero attached hydrogens (tertiary/aromatic N) is 2. The molecule has 0 atom stereocenters. The average Bonchev–Trinajstić information content (AvgIpc) is 2.87. The molecule has 1 amide bonds. The summed E-state index contributed by atoms with van der Waals surface area (Å²) in [6.45, 7) is 7.25. The number of methoxy groups -OCH3 is 1. The second kappa shape index (κ2) is 9.34. The number of carboxylic acid groups (broad SMARTS) is 1. The molecule has 9 heteroatoms. The first-order valence-corrected chi connectivity index (χ1v) is 9.86. The molecule has 1 N–H and O–H groups in total. The van der Waals surface area contributed by atoms with Crippen LogP contribution in [0.15, 0.2) is 22.0 Å². The number of hydrogen-bond acceptors (Lipinski definition) is 6. The number of aliphatic carboxylic acids is 1. The van der Waals surface area contributed by atoms with Crippen molar-refractivity contribution in [3.05, 3.63) is 27.6 Å². The highest BCUT2D eigenvalue weighted by Crippen LogP contribution is 2.39. The molecule has 28 heavy (non-hydrogen) atoms. The van der Waals surface area contributed by atoms with Gasteiger partial charge in [-0.15, -0.1) is 0 Å². The van der Waals surface area contributed by atoms with Gasteiger partial charge < -0.3 is 14.6 Å². The fourth-order valence-electron chi connectivity index (χ4n) is 2.50. The standard InChI is InChI=1S/C19H23ClN2O5S/c1-10(2)21-19-22(11(3)4)18(25)15(28-19)8-12-6-13(20)17(14(7-12)26-5)27-9-16(23)24/h6-8,10-11H,9H2,1-5H3,(H,23,24)/b15-8+,21-19?. The quantitative estimate of drug-likeness (QED) is 0.665. The Morgan fingerprint density at radius 1 is 1.36 bits per heavy atom. The zero-order valence-electron chi connectivity index (χ0n) is 16.4. The molecule has 1 saturated heterocycles. The van der Waals surface area contributed by atoms with Gasteiger partial charge in [0, 0.05) is 12.1 Å². The third kappa shape index (κ3) is 5.20. The van der Waals surface area contributed by atoms with Crippen molar-refractivity contribution in [1.82, 2.24) is 4.90 Å². The van der Waals surface area contributed by atoms with Gasteiger partial charge >= 0.3 is 5.97 Å². The maximum Gasteiger partial charge on any atom is 0.341 e. The zero-order chi connectivity index (χ0) is 21.0. The molecule has 7 nitrogen and oxygen atoms in total. The minimum atomic E-state index is -1.12. The molecule has 1 aliphatic rings. The van der Waals surface area contributed by atoms with Crippen molar-refractivity contribution in [3.8, 4) is 11.5 Å². The predicted molar refractivity (Wildman–Crippen MR) is 111 cm³/mol. The number of halogens is 1. The van der Waals surface area contributed by atoms with Crippen molar-refractivity contribution in [2.24, 2.45) is 4.99 Å². The molecule has 0 radical (unpaired) electrons. The van der Waals surface area contributed by atoms with Gasteiger partial charge in [0.05, 0.1) is 17.0 Å². The van der Waals surface area contributed by atoms with Crippen LogP contribution in [0, 0.1) is 0 Å². The number of benzene rings is 1. The molecule has 1 heterocycles. The molecule has 2 rings (SSSR count). The van der Waals surface area contributed by atoms with Gasteiger partial charge in [-0.05, 0) is 63.2 Å². The summed E-state index contributed by atoms with van der Waals surface area (Å²) >= 11 is 7.55. The van der Waals surface area contributed by atoms with E-state index in [-0.39, 0.29) is 34.5 Å². The van der Waals surface area contributed by atoms with Gasteiger partial charge in [-0.3, -0.25) is 14.7 Å². The van der Waals surface area contributed by atoms with Crippen LogP contribution in [0.4, 0.5) is 0 Å². The summed E-state index contributed by atoms with van der Waals surface area (Å²) in [4.78, 5) is 30.3. The Bertz CT molecular complexity index is 836. The maximum absolute atomic E-state index is 12.8. The molecule has 1 aromatic rings. The van der Waals surface area contributed by atoms with Gasteiger partial charge in [-0.25, -0.2) is 4.79 Å². The van der Waals surface area contributed by atoms with Crippen molar-refractivity contribution in [1.29, 1.82) is 0 Å². The minimum absolute atomic E-state index is 0.0201. The Labute approximate surface area is 173 Å². The van der Waals surface area contributed by atoms with Crippen LogP contribution in [0.1, 0.15) is 33.3 Å². The van der Waals surface area contributed by atoms with Gasteiger partial charge in [0.1, 0.15) is 0 Å². The van der Waals surface area contributed by atoms with E-state index in [0.29, 0.717) is 15.6 Å². The van der Waals surface area contributed by atoms with Crippen LogP contribution >= 0.6 is 23.4 Å². The van der Waals surface area contributed by atoms with E-state index in [1.165, 1.54) is 18.9 Å². The molecule has 0 saturated carbocycles. The monoisotopic (exact) mass is 426 g/mol. The molecular weight excluding hydrogens is 404 g/mol. The summed E-state index contributed by atoms with van der Waals surface area (Å²) in [6.07, 6.45) is 1.71. The summed E-state index contributed by atoms with van der Waals surface area (Å²) in [5.74, 6) is -0.818. The summed E-state index contributed by atoms with van der Waals surface area (Å²) in [5, 5.41) is 9.65. The number of hydrogen-bond donors (Lipinski definition) is 1. The third-order valence-corrected chi connectivity index (χ3v) is 4.89. The minimum Gasteiger partial charge on any atom is -0.493 e. The smallest absolute Gasteiger partial charge is 0.341 e. The first-order chi connectivity index (χ1) is 13.1. The number of thioether (sulfide) groups is 1. The van der Waals surface area contributed by atoms with E-state index in [1.807, 2.05) is 27.7 Å². The second-order valence-corrected chi connectivity index (χ2v) is 8.02. The number of amides is 1. The third-order valence-electron chi connectivity index (χ3n) is 3.61. The molecule has 0 spiro atoms. The number of carbonyl (C=O) groups is 2. The molecule has 0 bridgehead atoms. The second-order valence-electron chi connectivity index (χ2n) is 6.60. The Morgan fingerprint density at radius 3 is 2.57 bits per heavy atom. The van der Waals surface area contributed by atoms with E-state index < -0.39 is 12.6 Å². The van der Waals surface area contributed by atoms with Crippen molar-refractivity contribution < 1.29 is 24.2 Å². The molecule has 152 valence electrons. The van der Waals surface area contributed by atoms with Crippen molar-refractivity contribution >= 4 is 46.5 Å². The van der Waals surface area contributed by atoms with Crippen LogP contribution in [-0.4, -0.2) is 52.9 Å². The summed E-state index contributed by atoms with van der Waals surface area (Å²) in [6, 6.07) is 3.28. The van der Waals surface area contributed by atoms with Crippen molar-refractivity contribution in [2.45, 2.75) is 39.8 Å².